The lowest BCUT2D eigenvalue weighted by molar-refractivity contribution is -0.101. The Morgan fingerprint density at radius 3 is 2.48 bits per heavy atom. The lowest BCUT2D eigenvalue weighted by atomic mass is 9.72. The van der Waals surface area contributed by atoms with E-state index in [0.717, 1.165) is 24.9 Å². The number of nitrogens with zero attached hydrogens (tertiary/aromatic N) is 2. The van der Waals surface area contributed by atoms with Gasteiger partial charge in [0.25, 0.3) is 0 Å². The van der Waals surface area contributed by atoms with Crippen molar-refractivity contribution in [1.29, 1.82) is 5.26 Å². The first-order valence-electron chi connectivity index (χ1n) is 9.73. The molecular weight excluding hydrogens is 336 g/mol. The molecule has 0 saturated carbocycles. The van der Waals surface area contributed by atoms with E-state index in [1.807, 2.05) is 6.07 Å². The molecule has 0 spiro atoms. The SMILES string of the molecule is COc1ccc(C#N)cc1C1(O)CC2CCCC(C1)N2Cc1ccccc1. The first-order valence-corrected chi connectivity index (χ1v) is 9.73. The molecule has 0 amide bonds. The van der Waals surface area contributed by atoms with Gasteiger partial charge in [0.1, 0.15) is 5.75 Å². The van der Waals surface area contributed by atoms with E-state index in [4.69, 9.17) is 4.74 Å². The van der Waals surface area contributed by atoms with Crippen molar-refractivity contribution in [3.8, 4) is 11.8 Å². The summed E-state index contributed by atoms with van der Waals surface area (Å²) >= 11 is 0. The number of ether oxygens (including phenoxy) is 1. The van der Waals surface area contributed by atoms with Crippen LogP contribution in [0.2, 0.25) is 0 Å². The van der Waals surface area contributed by atoms with Crippen LogP contribution in [0.15, 0.2) is 48.5 Å². The van der Waals surface area contributed by atoms with Crippen molar-refractivity contribution in [2.75, 3.05) is 7.11 Å². The minimum Gasteiger partial charge on any atom is -0.496 e. The maximum Gasteiger partial charge on any atom is 0.125 e. The van der Waals surface area contributed by atoms with Gasteiger partial charge in [0.15, 0.2) is 0 Å². The van der Waals surface area contributed by atoms with Crippen molar-refractivity contribution in [3.63, 3.8) is 0 Å². The van der Waals surface area contributed by atoms with E-state index >= 15 is 0 Å². The summed E-state index contributed by atoms with van der Waals surface area (Å²) in [6.45, 7) is 0.932. The van der Waals surface area contributed by atoms with E-state index in [0.29, 0.717) is 36.2 Å². The number of hydrogen-bond acceptors (Lipinski definition) is 4. The Morgan fingerprint density at radius 1 is 1.15 bits per heavy atom. The second kappa shape index (κ2) is 7.34. The Hall–Kier alpha value is -2.35. The van der Waals surface area contributed by atoms with Crippen LogP contribution in [0.5, 0.6) is 5.75 Å². The van der Waals surface area contributed by atoms with Gasteiger partial charge in [0, 0.05) is 24.2 Å². The molecule has 2 aliphatic heterocycles. The smallest absolute Gasteiger partial charge is 0.125 e. The molecule has 27 heavy (non-hydrogen) atoms. The third-order valence-electron chi connectivity index (χ3n) is 6.20. The monoisotopic (exact) mass is 362 g/mol. The Balaban J connectivity index is 1.64. The predicted molar refractivity (Wildman–Crippen MR) is 104 cm³/mol. The molecule has 2 unspecified atom stereocenters. The zero-order valence-corrected chi connectivity index (χ0v) is 15.8. The van der Waals surface area contributed by atoms with Crippen molar-refractivity contribution >= 4 is 0 Å². The average Bonchev–Trinajstić information content (AvgIpc) is 2.69. The Bertz CT molecular complexity index is 829. The summed E-state index contributed by atoms with van der Waals surface area (Å²) in [6, 6.07) is 18.8. The maximum atomic E-state index is 11.6. The van der Waals surface area contributed by atoms with Crippen LogP contribution in [0.4, 0.5) is 0 Å². The van der Waals surface area contributed by atoms with Crippen LogP contribution in [0, 0.1) is 11.3 Å². The molecule has 2 fully saturated rings. The number of benzene rings is 2. The Morgan fingerprint density at radius 2 is 1.85 bits per heavy atom. The van der Waals surface area contributed by atoms with Gasteiger partial charge >= 0.3 is 0 Å². The number of methoxy groups -OCH3 is 1. The molecular formula is C23H26N2O2. The quantitative estimate of drug-likeness (QED) is 0.894. The van der Waals surface area contributed by atoms with Gasteiger partial charge in [-0.3, -0.25) is 4.90 Å². The summed E-state index contributed by atoms with van der Waals surface area (Å²) in [5, 5.41) is 20.9. The highest BCUT2D eigenvalue weighted by atomic mass is 16.5. The third kappa shape index (κ3) is 3.45. The number of nitriles is 1. The van der Waals surface area contributed by atoms with Crippen LogP contribution in [0.3, 0.4) is 0 Å². The van der Waals surface area contributed by atoms with Crippen LogP contribution >= 0.6 is 0 Å². The summed E-state index contributed by atoms with van der Waals surface area (Å²) < 4.78 is 5.52. The summed E-state index contributed by atoms with van der Waals surface area (Å²) in [7, 11) is 1.62. The van der Waals surface area contributed by atoms with Gasteiger partial charge < -0.3 is 9.84 Å². The van der Waals surface area contributed by atoms with Gasteiger partial charge in [0.05, 0.1) is 24.3 Å². The fourth-order valence-electron chi connectivity index (χ4n) is 4.93. The molecule has 2 aliphatic rings. The molecule has 0 aromatic heterocycles. The number of piperidine rings is 2. The molecule has 4 heteroatoms. The second-order valence-corrected chi connectivity index (χ2v) is 7.86. The van der Waals surface area contributed by atoms with Crippen molar-refractivity contribution in [1.82, 2.24) is 4.90 Å². The summed E-state index contributed by atoms with van der Waals surface area (Å²) in [5.74, 6) is 0.672. The number of hydrogen-bond donors (Lipinski definition) is 1. The van der Waals surface area contributed by atoms with Gasteiger partial charge in [-0.1, -0.05) is 36.8 Å². The largest absolute Gasteiger partial charge is 0.496 e. The minimum absolute atomic E-state index is 0.346. The highest BCUT2D eigenvalue weighted by Crippen LogP contribution is 2.47. The van der Waals surface area contributed by atoms with Crippen LogP contribution in [0.1, 0.15) is 48.8 Å². The molecule has 2 heterocycles. The first-order chi connectivity index (χ1) is 13.1. The fraction of sp³-hybridized carbons (Fsp3) is 0.435. The standard InChI is InChI=1S/C23H26N2O2/c1-27-22-11-10-18(15-24)12-21(22)23(26)13-19-8-5-9-20(14-23)25(19)16-17-6-3-2-4-7-17/h2-4,6-7,10-12,19-20,26H,5,8-9,13-14,16H2,1H3. The van der Waals surface area contributed by atoms with Crippen LogP contribution in [0.25, 0.3) is 0 Å². The van der Waals surface area contributed by atoms with Gasteiger partial charge in [-0.05, 0) is 49.4 Å². The molecule has 140 valence electrons. The zero-order valence-electron chi connectivity index (χ0n) is 15.8. The molecule has 2 atom stereocenters. The highest BCUT2D eigenvalue weighted by molar-refractivity contribution is 5.45. The molecule has 2 saturated heterocycles. The van der Waals surface area contributed by atoms with Crippen molar-refractivity contribution in [2.45, 2.75) is 56.3 Å². The number of fused-ring (bicyclic) bond motifs is 2. The van der Waals surface area contributed by atoms with Crippen LogP contribution in [-0.2, 0) is 12.1 Å². The molecule has 2 aromatic rings. The summed E-state index contributed by atoms with van der Waals surface area (Å²) in [4.78, 5) is 2.58. The zero-order chi connectivity index (χ0) is 18.9. The number of rotatable bonds is 4. The molecule has 2 aromatic carbocycles. The van der Waals surface area contributed by atoms with Crippen LogP contribution < -0.4 is 4.74 Å². The third-order valence-corrected chi connectivity index (χ3v) is 6.20. The average molecular weight is 362 g/mol. The fourth-order valence-corrected chi connectivity index (χ4v) is 4.93. The van der Waals surface area contributed by atoms with E-state index in [9.17, 15) is 10.4 Å². The highest BCUT2D eigenvalue weighted by Gasteiger charge is 2.47. The van der Waals surface area contributed by atoms with Crippen molar-refractivity contribution in [2.24, 2.45) is 0 Å². The maximum absolute atomic E-state index is 11.6. The van der Waals surface area contributed by atoms with Gasteiger partial charge in [-0.2, -0.15) is 5.26 Å². The van der Waals surface area contributed by atoms with E-state index in [-0.39, 0.29) is 0 Å². The molecule has 0 aliphatic carbocycles. The van der Waals surface area contributed by atoms with Crippen molar-refractivity contribution < 1.29 is 9.84 Å². The summed E-state index contributed by atoms with van der Waals surface area (Å²) in [5.41, 5.74) is 1.71. The van der Waals surface area contributed by atoms with E-state index in [2.05, 4.69) is 35.2 Å². The molecule has 0 radical (unpaired) electrons. The summed E-state index contributed by atoms with van der Waals surface area (Å²) in [6.07, 6.45) is 4.78. The van der Waals surface area contributed by atoms with E-state index in [1.54, 1.807) is 25.3 Å². The minimum atomic E-state index is -0.943. The molecule has 4 nitrogen and oxygen atoms in total. The molecule has 4 rings (SSSR count). The van der Waals surface area contributed by atoms with Gasteiger partial charge in [-0.15, -0.1) is 0 Å². The number of aliphatic hydroxyl groups is 1. The molecule has 1 N–H and O–H groups in total. The normalized spacial score (nSPS) is 27.7. The first kappa shape index (κ1) is 18.0. The van der Waals surface area contributed by atoms with Gasteiger partial charge in [0.2, 0.25) is 0 Å². The predicted octanol–water partition coefficient (Wildman–Crippen LogP) is 3.97. The Labute approximate surface area is 161 Å². The molecule has 2 bridgehead atoms. The van der Waals surface area contributed by atoms with Gasteiger partial charge in [-0.25, -0.2) is 0 Å². The lowest BCUT2D eigenvalue weighted by Crippen LogP contribution is -2.56. The topological polar surface area (TPSA) is 56.5 Å². The Kier molecular flexibility index (Phi) is 4.90. The van der Waals surface area contributed by atoms with E-state index < -0.39 is 5.60 Å². The van der Waals surface area contributed by atoms with E-state index in [1.165, 1.54) is 12.0 Å². The van der Waals surface area contributed by atoms with Crippen molar-refractivity contribution in [3.05, 3.63) is 65.2 Å². The second-order valence-electron chi connectivity index (χ2n) is 7.86. The van der Waals surface area contributed by atoms with Crippen LogP contribution in [-0.4, -0.2) is 29.2 Å². The lowest BCUT2D eigenvalue weighted by Gasteiger charge is -2.52.